The van der Waals surface area contributed by atoms with Gasteiger partial charge in [0.25, 0.3) is 11.6 Å². The van der Waals surface area contributed by atoms with Crippen LogP contribution in [0.1, 0.15) is 27.6 Å². The molecule has 10 heteroatoms. The third-order valence-electron chi connectivity index (χ3n) is 3.88. The molecule has 1 heterocycles. The molecule has 0 unspecified atom stereocenters. The summed E-state index contributed by atoms with van der Waals surface area (Å²) in [5, 5.41) is 13.8. The van der Waals surface area contributed by atoms with E-state index < -0.39 is 28.1 Å². The molecule has 2 aromatic carbocycles. The third kappa shape index (κ3) is 4.25. The van der Waals surface area contributed by atoms with Crippen molar-refractivity contribution >= 4 is 40.1 Å². The van der Waals surface area contributed by atoms with Gasteiger partial charge >= 0.3 is 11.6 Å². The monoisotopic (exact) mass is 416 g/mol. The van der Waals surface area contributed by atoms with Gasteiger partial charge in [-0.25, -0.2) is 9.59 Å². The molecule has 0 spiro atoms. The number of fused-ring (bicyclic) bond motifs is 1. The Labute approximate surface area is 168 Å². The zero-order valence-electron chi connectivity index (χ0n) is 14.9. The fraction of sp³-hybridized carbons (Fsp3) is 0.105. The van der Waals surface area contributed by atoms with Gasteiger partial charge in [0.1, 0.15) is 21.9 Å². The Kier molecular flexibility index (Phi) is 5.60. The van der Waals surface area contributed by atoms with Gasteiger partial charge in [0, 0.05) is 24.1 Å². The van der Waals surface area contributed by atoms with Crippen LogP contribution >= 0.6 is 11.6 Å². The molecule has 1 aromatic heterocycles. The van der Waals surface area contributed by atoms with E-state index in [1.54, 1.807) is 6.92 Å². The first-order chi connectivity index (χ1) is 13.8. The van der Waals surface area contributed by atoms with E-state index in [2.05, 4.69) is 5.32 Å². The SMILES string of the molecule is CCNC(=O)c1cc2ccc(OC(=O)c3ccc(Cl)c([N+](=O)[O-])c3)cc2oc1=O. The van der Waals surface area contributed by atoms with Gasteiger partial charge in [-0.05, 0) is 37.3 Å². The fourth-order valence-electron chi connectivity index (χ4n) is 2.51. The fourth-order valence-corrected chi connectivity index (χ4v) is 2.70. The molecular formula is C19H13ClN2O7. The maximum atomic E-state index is 12.3. The maximum Gasteiger partial charge on any atom is 0.349 e. The number of nitro benzene ring substituents is 1. The number of nitro groups is 1. The van der Waals surface area contributed by atoms with Crippen molar-refractivity contribution in [1.29, 1.82) is 0 Å². The lowest BCUT2D eigenvalue weighted by Crippen LogP contribution is -2.27. The quantitative estimate of drug-likeness (QED) is 0.222. The molecule has 0 bridgehead atoms. The Hall–Kier alpha value is -3.72. The van der Waals surface area contributed by atoms with Gasteiger partial charge in [-0.15, -0.1) is 0 Å². The summed E-state index contributed by atoms with van der Waals surface area (Å²) in [4.78, 5) is 46.4. The molecule has 3 rings (SSSR count). The van der Waals surface area contributed by atoms with Gasteiger partial charge in [-0.1, -0.05) is 11.6 Å². The highest BCUT2D eigenvalue weighted by Gasteiger charge is 2.18. The highest BCUT2D eigenvalue weighted by atomic mass is 35.5. The second-order valence-electron chi connectivity index (χ2n) is 5.82. The van der Waals surface area contributed by atoms with Crippen LogP contribution in [-0.4, -0.2) is 23.3 Å². The summed E-state index contributed by atoms with van der Waals surface area (Å²) in [5.41, 5.74) is -1.37. The molecule has 0 radical (unpaired) electrons. The highest BCUT2D eigenvalue weighted by Crippen LogP contribution is 2.26. The minimum Gasteiger partial charge on any atom is -0.423 e. The first kappa shape index (κ1) is 20.0. The molecule has 0 saturated heterocycles. The van der Waals surface area contributed by atoms with Crippen molar-refractivity contribution in [3.05, 3.63) is 79.1 Å². The zero-order chi connectivity index (χ0) is 21.1. The topological polar surface area (TPSA) is 129 Å². The van der Waals surface area contributed by atoms with Crippen LogP contribution in [0, 0.1) is 10.1 Å². The molecule has 9 nitrogen and oxygen atoms in total. The maximum absolute atomic E-state index is 12.3. The van der Waals surface area contributed by atoms with Crippen LogP contribution in [-0.2, 0) is 0 Å². The molecule has 0 saturated carbocycles. The van der Waals surface area contributed by atoms with Gasteiger partial charge in [-0.2, -0.15) is 0 Å². The van der Waals surface area contributed by atoms with E-state index in [4.69, 9.17) is 20.8 Å². The van der Waals surface area contributed by atoms with E-state index in [1.165, 1.54) is 36.4 Å². The van der Waals surface area contributed by atoms with Crippen molar-refractivity contribution in [1.82, 2.24) is 5.32 Å². The van der Waals surface area contributed by atoms with Gasteiger partial charge in [0.2, 0.25) is 0 Å². The number of nitrogens with zero attached hydrogens (tertiary/aromatic N) is 1. The highest BCUT2D eigenvalue weighted by molar-refractivity contribution is 6.32. The molecule has 0 fully saturated rings. The van der Waals surface area contributed by atoms with Crippen LogP contribution in [0.15, 0.2) is 51.7 Å². The van der Waals surface area contributed by atoms with E-state index in [0.29, 0.717) is 11.9 Å². The summed E-state index contributed by atoms with van der Waals surface area (Å²) in [6.07, 6.45) is 0. The summed E-state index contributed by atoms with van der Waals surface area (Å²) in [7, 11) is 0. The first-order valence-electron chi connectivity index (χ1n) is 8.32. The Balaban J connectivity index is 1.89. The average Bonchev–Trinajstić information content (AvgIpc) is 2.67. The van der Waals surface area contributed by atoms with Gasteiger partial charge in [-0.3, -0.25) is 14.9 Å². The van der Waals surface area contributed by atoms with Gasteiger partial charge in [0.05, 0.1) is 10.5 Å². The van der Waals surface area contributed by atoms with Crippen LogP contribution in [0.5, 0.6) is 5.75 Å². The Morgan fingerprint density at radius 2 is 1.97 bits per heavy atom. The predicted molar refractivity (Wildman–Crippen MR) is 104 cm³/mol. The van der Waals surface area contributed by atoms with E-state index >= 15 is 0 Å². The number of nitrogens with one attached hydrogen (secondary N) is 1. The van der Waals surface area contributed by atoms with E-state index in [0.717, 1.165) is 6.07 Å². The van der Waals surface area contributed by atoms with E-state index in [9.17, 15) is 24.5 Å². The second-order valence-corrected chi connectivity index (χ2v) is 6.23. The number of hydrogen-bond acceptors (Lipinski definition) is 7. The van der Waals surface area contributed by atoms with Crippen molar-refractivity contribution in [3.8, 4) is 5.75 Å². The van der Waals surface area contributed by atoms with Gasteiger partial charge < -0.3 is 14.5 Å². The molecule has 0 aliphatic heterocycles. The largest absolute Gasteiger partial charge is 0.423 e. The number of ether oxygens (including phenoxy) is 1. The van der Waals surface area contributed by atoms with Crippen LogP contribution in [0.25, 0.3) is 11.0 Å². The molecular weight excluding hydrogens is 404 g/mol. The number of carbonyl (C=O) groups is 2. The smallest absolute Gasteiger partial charge is 0.349 e. The standard InChI is InChI=1S/C19H13ClN2O7/c1-2-21-17(23)13-7-10-3-5-12(9-16(10)29-19(13)25)28-18(24)11-4-6-14(20)15(8-11)22(26)27/h3-9H,2H2,1H3,(H,21,23). The van der Waals surface area contributed by atoms with Crippen molar-refractivity contribution in [2.24, 2.45) is 0 Å². The number of halogens is 1. The Morgan fingerprint density at radius 3 is 2.66 bits per heavy atom. The number of hydrogen-bond donors (Lipinski definition) is 1. The van der Waals surface area contributed by atoms with Crippen LogP contribution < -0.4 is 15.7 Å². The Morgan fingerprint density at radius 1 is 1.21 bits per heavy atom. The molecule has 1 amide bonds. The van der Waals surface area contributed by atoms with Crippen molar-refractivity contribution < 1.29 is 23.7 Å². The van der Waals surface area contributed by atoms with Crippen LogP contribution in [0.2, 0.25) is 5.02 Å². The number of carbonyl (C=O) groups excluding carboxylic acids is 2. The third-order valence-corrected chi connectivity index (χ3v) is 4.20. The summed E-state index contributed by atoms with van der Waals surface area (Å²) in [6, 6.07) is 9.14. The summed E-state index contributed by atoms with van der Waals surface area (Å²) >= 11 is 5.73. The molecule has 0 atom stereocenters. The summed E-state index contributed by atoms with van der Waals surface area (Å²) in [5.74, 6) is -1.36. The number of rotatable bonds is 5. The minimum atomic E-state index is -0.856. The average molecular weight is 417 g/mol. The van der Waals surface area contributed by atoms with Crippen molar-refractivity contribution in [2.45, 2.75) is 6.92 Å². The molecule has 1 N–H and O–H groups in total. The van der Waals surface area contributed by atoms with Crippen LogP contribution in [0.4, 0.5) is 5.69 Å². The molecule has 0 aliphatic carbocycles. The second kappa shape index (κ2) is 8.11. The first-order valence-corrected chi connectivity index (χ1v) is 8.70. The van der Waals surface area contributed by atoms with E-state index in [-0.39, 0.29) is 27.5 Å². The molecule has 29 heavy (non-hydrogen) atoms. The lowest BCUT2D eigenvalue weighted by molar-refractivity contribution is -0.384. The molecule has 0 aliphatic rings. The molecule has 3 aromatic rings. The summed E-state index contributed by atoms with van der Waals surface area (Å²) in [6.45, 7) is 2.07. The number of amides is 1. The van der Waals surface area contributed by atoms with Crippen molar-refractivity contribution in [2.75, 3.05) is 6.54 Å². The number of esters is 1. The van der Waals surface area contributed by atoms with E-state index in [1.807, 2.05) is 0 Å². The lowest BCUT2D eigenvalue weighted by atomic mass is 10.1. The van der Waals surface area contributed by atoms with Gasteiger partial charge in [0.15, 0.2) is 0 Å². The normalized spacial score (nSPS) is 10.6. The molecule has 148 valence electrons. The number of benzene rings is 2. The van der Waals surface area contributed by atoms with Crippen LogP contribution in [0.3, 0.4) is 0 Å². The van der Waals surface area contributed by atoms with Crippen molar-refractivity contribution in [3.63, 3.8) is 0 Å². The lowest BCUT2D eigenvalue weighted by Gasteiger charge is -2.07. The zero-order valence-corrected chi connectivity index (χ0v) is 15.7. The minimum absolute atomic E-state index is 0.0500. The summed E-state index contributed by atoms with van der Waals surface area (Å²) < 4.78 is 10.3. The predicted octanol–water partition coefficient (Wildman–Crippen LogP) is 3.32. The Bertz CT molecular complexity index is 1200.